The number of benzene rings is 1. The Bertz CT molecular complexity index is 605. The number of aryl methyl sites for hydroxylation is 1. The maximum absolute atomic E-state index is 13.5. The van der Waals surface area contributed by atoms with Crippen LogP contribution in [0.15, 0.2) is 28.9 Å². The second-order valence-corrected chi connectivity index (χ2v) is 5.14. The van der Waals surface area contributed by atoms with Gasteiger partial charge >= 0.3 is 0 Å². The Balaban J connectivity index is 2.12. The predicted octanol–water partition coefficient (Wildman–Crippen LogP) is 4.08. The molecule has 0 saturated carbocycles. The highest BCUT2D eigenvalue weighted by Crippen LogP contribution is 2.16. The Morgan fingerprint density at radius 3 is 2.75 bits per heavy atom. The third kappa shape index (κ3) is 3.96. The van der Waals surface area contributed by atoms with Crippen molar-refractivity contribution >= 4 is 21.7 Å². The van der Waals surface area contributed by atoms with Crippen LogP contribution in [0.2, 0.25) is 0 Å². The molecule has 1 aromatic carbocycles. The van der Waals surface area contributed by atoms with Crippen LogP contribution in [0.4, 0.5) is 14.6 Å². The van der Waals surface area contributed by atoms with Gasteiger partial charge in [-0.15, -0.1) is 0 Å². The molecule has 0 aliphatic rings. The van der Waals surface area contributed by atoms with E-state index in [1.54, 1.807) is 6.07 Å². The molecule has 6 heteroatoms. The molecule has 20 heavy (non-hydrogen) atoms. The number of hydrogen-bond donors (Lipinski definition) is 1. The predicted molar refractivity (Wildman–Crippen MR) is 77.4 cm³/mol. The average Bonchev–Trinajstić information content (AvgIpc) is 2.40. The second kappa shape index (κ2) is 6.74. The van der Waals surface area contributed by atoms with Crippen molar-refractivity contribution in [2.75, 3.05) is 5.32 Å². The molecular formula is C14H14BrF2N3. The van der Waals surface area contributed by atoms with Gasteiger partial charge in [0.25, 0.3) is 0 Å². The molecule has 0 bridgehead atoms. The number of hydrogen-bond acceptors (Lipinski definition) is 3. The van der Waals surface area contributed by atoms with Crippen LogP contribution in [0.1, 0.15) is 24.7 Å². The molecule has 106 valence electrons. The van der Waals surface area contributed by atoms with E-state index in [4.69, 9.17) is 0 Å². The highest BCUT2D eigenvalue weighted by Gasteiger charge is 2.06. The molecule has 0 aliphatic heterocycles. The summed E-state index contributed by atoms with van der Waals surface area (Å²) < 4.78 is 27.2. The summed E-state index contributed by atoms with van der Waals surface area (Å²) >= 11 is 3.31. The first-order valence-electron chi connectivity index (χ1n) is 6.29. The lowest BCUT2D eigenvalue weighted by Gasteiger charge is -2.08. The molecule has 3 nitrogen and oxygen atoms in total. The van der Waals surface area contributed by atoms with E-state index in [9.17, 15) is 8.78 Å². The average molecular weight is 342 g/mol. The molecule has 0 fully saturated rings. The molecule has 0 atom stereocenters. The highest BCUT2D eigenvalue weighted by atomic mass is 79.9. The molecule has 2 rings (SSSR count). The van der Waals surface area contributed by atoms with Gasteiger partial charge in [-0.05, 0) is 40.5 Å². The molecule has 0 spiro atoms. The van der Waals surface area contributed by atoms with E-state index >= 15 is 0 Å². The van der Waals surface area contributed by atoms with Gasteiger partial charge in [0.2, 0.25) is 0 Å². The van der Waals surface area contributed by atoms with Crippen molar-refractivity contribution in [3.05, 3.63) is 51.9 Å². The first-order valence-corrected chi connectivity index (χ1v) is 7.09. The van der Waals surface area contributed by atoms with E-state index in [1.807, 2.05) is 6.92 Å². The fourth-order valence-corrected chi connectivity index (χ4v) is 2.18. The molecule has 1 heterocycles. The summed E-state index contributed by atoms with van der Waals surface area (Å²) in [5, 5.41) is 2.98. The van der Waals surface area contributed by atoms with Crippen LogP contribution in [-0.2, 0) is 13.0 Å². The summed E-state index contributed by atoms with van der Waals surface area (Å²) in [7, 11) is 0. The quantitative estimate of drug-likeness (QED) is 0.832. The Labute approximate surface area is 124 Å². The number of halogens is 3. The SMILES string of the molecule is CCCc1nc(Br)cc(NCc2cc(F)ccc2F)n1. The Hall–Kier alpha value is -1.56. The summed E-state index contributed by atoms with van der Waals surface area (Å²) in [6, 6.07) is 5.09. The molecule has 0 amide bonds. The summed E-state index contributed by atoms with van der Waals surface area (Å²) in [5.74, 6) is 0.391. The van der Waals surface area contributed by atoms with Crippen LogP contribution in [0.5, 0.6) is 0 Å². The summed E-state index contributed by atoms with van der Waals surface area (Å²) in [6.45, 7) is 2.21. The third-order valence-corrected chi connectivity index (χ3v) is 3.09. The minimum absolute atomic E-state index is 0.165. The lowest BCUT2D eigenvalue weighted by molar-refractivity contribution is 0.587. The van der Waals surface area contributed by atoms with Crippen molar-refractivity contribution < 1.29 is 8.78 Å². The Kier molecular flexibility index (Phi) is 5.00. The zero-order chi connectivity index (χ0) is 14.5. The van der Waals surface area contributed by atoms with Crippen LogP contribution in [-0.4, -0.2) is 9.97 Å². The zero-order valence-corrected chi connectivity index (χ0v) is 12.5. The number of nitrogens with one attached hydrogen (secondary N) is 1. The minimum atomic E-state index is -0.459. The fraction of sp³-hybridized carbons (Fsp3) is 0.286. The number of aromatic nitrogens is 2. The van der Waals surface area contributed by atoms with Crippen molar-refractivity contribution in [2.45, 2.75) is 26.3 Å². The molecule has 0 aliphatic carbocycles. The fourth-order valence-electron chi connectivity index (χ4n) is 1.76. The molecule has 0 radical (unpaired) electrons. The van der Waals surface area contributed by atoms with Crippen molar-refractivity contribution in [1.29, 1.82) is 0 Å². The van der Waals surface area contributed by atoms with Crippen LogP contribution in [0, 0.1) is 11.6 Å². The largest absolute Gasteiger partial charge is 0.366 e. The van der Waals surface area contributed by atoms with E-state index < -0.39 is 11.6 Å². The maximum atomic E-state index is 13.5. The highest BCUT2D eigenvalue weighted by molar-refractivity contribution is 9.10. The van der Waals surface area contributed by atoms with Gasteiger partial charge in [-0.3, -0.25) is 0 Å². The zero-order valence-electron chi connectivity index (χ0n) is 11.0. The van der Waals surface area contributed by atoms with E-state index in [2.05, 4.69) is 31.2 Å². The molecule has 1 aromatic heterocycles. The first-order chi connectivity index (χ1) is 9.58. The van der Waals surface area contributed by atoms with Crippen molar-refractivity contribution in [3.8, 4) is 0 Å². The maximum Gasteiger partial charge on any atom is 0.132 e. The molecule has 1 N–H and O–H groups in total. The lowest BCUT2D eigenvalue weighted by Crippen LogP contribution is -2.06. The molecule has 2 aromatic rings. The smallest absolute Gasteiger partial charge is 0.132 e. The van der Waals surface area contributed by atoms with Gasteiger partial charge < -0.3 is 5.32 Å². The van der Waals surface area contributed by atoms with Gasteiger partial charge in [0.15, 0.2) is 0 Å². The number of nitrogens with zero attached hydrogens (tertiary/aromatic N) is 2. The van der Waals surface area contributed by atoms with Gasteiger partial charge in [0.05, 0.1) is 0 Å². The van der Waals surface area contributed by atoms with Crippen LogP contribution in [0.25, 0.3) is 0 Å². The van der Waals surface area contributed by atoms with Crippen molar-refractivity contribution in [2.24, 2.45) is 0 Å². The molecule has 0 saturated heterocycles. The minimum Gasteiger partial charge on any atom is -0.366 e. The van der Waals surface area contributed by atoms with Gasteiger partial charge in [-0.25, -0.2) is 18.7 Å². The molecular weight excluding hydrogens is 328 g/mol. The van der Waals surface area contributed by atoms with E-state index in [0.717, 1.165) is 25.0 Å². The molecule has 0 unspecified atom stereocenters. The third-order valence-electron chi connectivity index (χ3n) is 2.68. The van der Waals surface area contributed by atoms with Crippen molar-refractivity contribution in [1.82, 2.24) is 9.97 Å². The second-order valence-electron chi connectivity index (χ2n) is 4.33. The van der Waals surface area contributed by atoms with Crippen LogP contribution >= 0.6 is 15.9 Å². The van der Waals surface area contributed by atoms with Crippen LogP contribution < -0.4 is 5.32 Å². The van der Waals surface area contributed by atoms with Gasteiger partial charge in [-0.2, -0.15) is 0 Å². The number of anilines is 1. The monoisotopic (exact) mass is 341 g/mol. The Morgan fingerprint density at radius 1 is 1.20 bits per heavy atom. The standard InChI is InChI=1S/C14H14BrF2N3/c1-2-3-13-19-12(15)7-14(20-13)18-8-9-6-10(16)4-5-11(9)17/h4-7H,2-3,8H2,1H3,(H,18,19,20). The van der Waals surface area contributed by atoms with E-state index in [1.165, 1.54) is 6.07 Å². The number of rotatable bonds is 5. The summed E-state index contributed by atoms with van der Waals surface area (Å²) in [4.78, 5) is 8.56. The van der Waals surface area contributed by atoms with Gasteiger partial charge in [-0.1, -0.05) is 6.92 Å². The van der Waals surface area contributed by atoms with Crippen LogP contribution in [0.3, 0.4) is 0 Å². The lowest BCUT2D eigenvalue weighted by atomic mass is 10.2. The summed E-state index contributed by atoms with van der Waals surface area (Å²) in [5.41, 5.74) is 0.261. The normalized spacial score (nSPS) is 10.6. The summed E-state index contributed by atoms with van der Waals surface area (Å²) in [6.07, 6.45) is 1.71. The van der Waals surface area contributed by atoms with E-state index in [0.29, 0.717) is 16.2 Å². The van der Waals surface area contributed by atoms with Gasteiger partial charge in [0.1, 0.15) is 27.9 Å². The van der Waals surface area contributed by atoms with E-state index in [-0.39, 0.29) is 12.1 Å². The van der Waals surface area contributed by atoms with Crippen molar-refractivity contribution in [3.63, 3.8) is 0 Å². The first kappa shape index (κ1) is 14.8. The Morgan fingerprint density at radius 2 is 2.00 bits per heavy atom. The van der Waals surface area contributed by atoms with Gasteiger partial charge in [0, 0.05) is 24.6 Å². The topological polar surface area (TPSA) is 37.8 Å².